The van der Waals surface area contributed by atoms with E-state index in [0.29, 0.717) is 16.9 Å². The van der Waals surface area contributed by atoms with Crippen LogP contribution in [0.5, 0.6) is 0 Å². The van der Waals surface area contributed by atoms with Crippen molar-refractivity contribution in [2.75, 3.05) is 42.7 Å². The van der Waals surface area contributed by atoms with Gasteiger partial charge in [-0.25, -0.2) is 9.29 Å². The number of aryl methyl sites for hydroxylation is 1. The number of nitrogens with zero attached hydrogens (tertiary/aromatic N) is 6. The van der Waals surface area contributed by atoms with Crippen LogP contribution in [0.3, 0.4) is 0 Å². The van der Waals surface area contributed by atoms with Crippen LogP contribution in [0, 0.1) is 11.3 Å². The first kappa shape index (κ1) is 18.5. The first-order valence-electron chi connectivity index (χ1n) is 8.74. The van der Waals surface area contributed by atoms with Crippen molar-refractivity contribution in [1.82, 2.24) is 24.1 Å². The topological polar surface area (TPSA) is 79.2 Å². The molecule has 1 unspecified atom stereocenters. The van der Waals surface area contributed by atoms with Gasteiger partial charge in [0, 0.05) is 60.8 Å². The lowest BCUT2D eigenvalue weighted by Gasteiger charge is -2.27. The molecule has 0 aromatic carbocycles. The fourth-order valence-corrected chi connectivity index (χ4v) is 5.27. The van der Waals surface area contributed by atoms with Gasteiger partial charge in [-0.2, -0.15) is 10.1 Å². The molecule has 1 N–H and O–H groups in total. The van der Waals surface area contributed by atoms with Crippen LogP contribution in [0.4, 0.5) is 17.5 Å². The molecule has 8 nitrogen and oxygen atoms in total. The molecule has 27 heavy (non-hydrogen) atoms. The minimum atomic E-state index is -2.17. The van der Waals surface area contributed by atoms with Crippen LogP contribution in [0.1, 0.15) is 6.92 Å². The summed E-state index contributed by atoms with van der Waals surface area (Å²) < 4.78 is 16.1. The first-order chi connectivity index (χ1) is 12.6. The molecule has 4 heterocycles. The standard InChI is InChI=1S/C17H24ClN7OS/c1-17-10-24(7-12(17)8-25(11-17)27(3,4)26)15-14(18)6-19-16(22-15)21-13-5-20-23(2)9-13/h5-6,9,12H,3,7-8,10-11H2,1-2,4H3,(H,19,21,22)/t12-,17+,27?/m1/s1. The van der Waals surface area contributed by atoms with Gasteiger partial charge in [0.25, 0.3) is 0 Å². The summed E-state index contributed by atoms with van der Waals surface area (Å²) in [4.78, 5) is 11.1. The normalized spacial score (nSPS) is 27.6. The van der Waals surface area contributed by atoms with Crippen LogP contribution in [0.15, 0.2) is 18.6 Å². The van der Waals surface area contributed by atoms with E-state index in [-0.39, 0.29) is 5.41 Å². The lowest BCUT2D eigenvalue weighted by atomic mass is 9.83. The molecule has 0 amide bonds. The molecule has 2 aliphatic rings. The fourth-order valence-electron chi connectivity index (χ4n) is 4.00. The zero-order chi connectivity index (χ0) is 19.4. The molecule has 2 aromatic heterocycles. The van der Waals surface area contributed by atoms with Gasteiger partial charge in [0.1, 0.15) is 5.02 Å². The maximum Gasteiger partial charge on any atom is 0.229 e. The zero-order valence-electron chi connectivity index (χ0n) is 15.7. The minimum absolute atomic E-state index is 0.0432. The minimum Gasteiger partial charge on any atom is -0.354 e. The summed E-state index contributed by atoms with van der Waals surface area (Å²) in [5.74, 6) is 5.46. The number of halogens is 1. The molecular weight excluding hydrogens is 386 g/mol. The van der Waals surface area contributed by atoms with E-state index in [4.69, 9.17) is 11.6 Å². The summed E-state index contributed by atoms with van der Waals surface area (Å²) in [6.45, 7) is 5.44. The maximum absolute atomic E-state index is 12.3. The van der Waals surface area contributed by atoms with Gasteiger partial charge in [-0.05, 0) is 11.8 Å². The largest absolute Gasteiger partial charge is 0.354 e. The lowest BCUT2D eigenvalue weighted by molar-refractivity contribution is 0.331. The van der Waals surface area contributed by atoms with Gasteiger partial charge in [0.15, 0.2) is 5.82 Å². The fraction of sp³-hybridized carbons (Fsp3) is 0.529. The van der Waals surface area contributed by atoms with E-state index in [1.165, 1.54) is 0 Å². The van der Waals surface area contributed by atoms with Gasteiger partial charge in [0.05, 0.1) is 18.1 Å². The van der Waals surface area contributed by atoms with Crippen molar-refractivity contribution in [2.24, 2.45) is 18.4 Å². The summed E-state index contributed by atoms with van der Waals surface area (Å²) in [6, 6.07) is 0. The Bertz CT molecular complexity index is 975. The Morgan fingerprint density at radius 3 is 2.78 bits per heavy atom. The van der Waals surface area contributed by atoms with Crippen molar-refractivity contribution >= 4 is 44.6 Å². The molecule has 2 fully saturated rings. The van der Waals surface area contributed by atoms with E-state index < -0.39 is 9.71 Å². The second-order valence-electron chi connectivity index (χ2n) is 7.91. The van der Waals surface area contributed by atoms with Crippen molar-refractivity contribution in [3.8, 4) is 0 Å². The van der Waals surface area contributed by atoms with E-state index in [9.17, 15) is 4.21 Å². The third kappa shape index (κ3) is 3.51. The van der Waals surface area contributed by atoms with Gasteiger partial charge in [0.2, 0.25) is 5.95 Å². The summed E-state index contributed by atoms with van der Waals surface area (Å²) in [5, 5.41) is 7.82. The highest BCUT2D eigenvalue weighted by Gasteiger charge is 2.51. The lowest BCUT2D eigenvalue weighted by Crippen LogP contribution is -2.35. The van der Waals surface area contributed by atoms with Crippen LogP contribution >= 0.6 is 11.6 Å². The molecular formula is C17H24ClN7OS. The van der Waals surface area contributed by atoms with Crippen molar-refractivity contribution < 1.29 is 4.21 Å². The third-order valence-corrected chi connectivity index (χ3v) is 7.11. The van der Waals surface area contributed by atoms with Crippen LogP contribution < -0.4 is 10.2 Å². The van der Waals surface area contributed by atoms with E-state index in [2.05, 4.69) is 38.1 Å². The van der Waals surface area contributed by atoms with Gasteiger partial charge in [-0.15, -0.1) is 0 Å². The van der Waals surface area contributed by atoms with Gasteiger partial charge >= 0.3 is 0 Å². The maximum atomic E-state index is 12.3. The summed E-state index contributed by atoms with van der Waals surface area (Å²) in [5.41, 5.74) is 0.863. The molecule has 10 heteroatoms. The average molecular weight is 410 g/mol. The van der Waals surface area contributed by atoms with Crippen molar-refractivity contribution in [1.29, 1.82) is 0 Å². The summed E-state index contributed by atoms with van der Waals surface area (Å²) >= 11 is 6.41. The van der Waals surface area contributed by atoms with E-state index in [1.807, 2.05) is 17.5 Å². The molecule has 146 valence electrons. The predicted octanol–water partition coefficient (Wildman–Crippen LogP) is 1.63. The van der Waals surface area contributed by atoms with E-state index in [0.717, 1.165) is 37.7 Å². The number of hydrogen-bond donors (Lipinski definition) is 1. The molecule has 2 aliphatic heterocycles. The van der Waals surface area contributed by atoms with E-state index in [1.54, 1.807) is 23.3 Å². The molecule has 2 saturated heterocycles. The first-order valence-corrected chi connectivity index (χ1v) is 11.2. The number of hydrogen-bond acceptors (Lipinski definition) is 6. The smallest absolute Gasteiger partial charge is 0.229 e. The van der Waals surface area contributed by atoms with Crippen molar-refractivity contribution in [3.63, 3.8) is 0 Å². The van der Waals surface area contributed by atoms with Gasteiger partial charge < -0.3 is 10.2 Å². The monoisotopic (exact) mass is 409 g/mol. The van der Waals surface area contributed by atoms with Gasteiger partial charge in [-0.3, -0.25) is 8.89 Å². The zero-order valence-corrected chi connectivity index (χ0v) is 17.3. The Morgan fingerprint density at radius 2 is 2.15 bits per heavy atom. The summed E-state index contributed by atoms with van der Waals surface area (Å²) in [6.07, 6.45) is 6.91. The number of nitrogens with one attached hydrogen (secondary N) is 1. The molecule has 0 aliphatic carbocycles. The second kappa shape index (κ2) is 6.35. The number of anilines is 3. The number of aromatic nitrogens is 4. The summed E-state index contributed by atoms with van der Waals surface area (Å²) in [7, 11) is -0.313. The van der Waals surface area contributed by atoms with E-state index >= 15 is 0 Å². The van der Waals surface area contributed by atoms with Crippen LogP contribution in [0.2, 0.25) is 5.02 Å². The Hall–Kier alpha value is -1.84. The molecule has 0 radical (unpaired) electrons. The predicted molar refractivity (Wildman–Crippen MR) is 110 cm³/mol. The molecule has 2 aromatic rings. The highest BCUT2D eigenvalue weighted by Crippen LogP contribution is 2.45. The molecule has 0 bridgehead atoms. The number of rotatable bonds is 4. The third-order valence-electron chi connectivity index (χ3n) is 5.47. The molecule has 0 saturated carbocycles. The molecule has 4 rings (SSSR count). The van der Waals surface area contributed by atoms with Crippen LogP contribution in [-0.2, 0) is 16.8 Å². The highest BCUT2D eigenvalue weighted by molar-refractivity contribution is 7.97. The Balaban J connectivity index is 1.54. The molecule has 0 spiro atoms. The van der Waals surface area contributed by atoms with Crippen LogP contribution in [0.25, 0.3) is 0 Å². The van der Waals surface area contributed by atoms with Crippen LogP contribution in [-0.4, -0.2) is 66.6 Å². The van der Waals surface area contributed by atoms with Crippen molar-refractivity contribution in [2.45, 2.75) is 6.92 Å². The Kier molecular flexibility index (Phi) is 4.36. The Labute approximate surface area is 164 Å². The van der Waals surface area contributed by atoms with Crippen molar-refractivity contribution in [3.05, 3.63) is 23.6 Å². The second-order valence-corrected chi connectivity index (χ2v) is 10.7. The number of fused-ring (bicyclic) bond motifs is 1. The van der Waals surface area contributed by atoms with Gasteiger partial charge in [-0.1, -0.05) is 18.5 Å². The average Bonchev–Trinajstić information content (AvgIpc) is 3.20. The molecule has 3 atom stereocenters. The SMILES string of the molecule is C=S(C)(=O)N1C[C@H]2CN(c3nc(Nc4cnn(C)c4)ncc3Cl)C[C@@]2(C)C1. The Morgan fingerprint density at radius 1 is 1.37 bits per heavy atom. The quantitative estimate of drug-likeness (QED) is 0.773. The highest BCUT2D eigenvalue weighted by atomic mass is 35.5.